The molecular formula is C19H23ClN6O3S. The first kappa shape index (κ1) is 22.0. The highest BCUT2D eigenvalue weighted by Crippen LogP contribution is 2.32. The Bertz CT molecular complexity index is 1040. The van der Waals surface area contributed by atoms with Crippen LogP contribution in [0.4, 0.5) is 21.9 Å². The fraction of sp³-hybridized carbons (Fsp3) is 0.368. The van der Waals surface area contributed by atoms with E-state index in [1.807, 2.05) is 13.8 Å². The molecule has 1 atom stereocenters. The summed E-state index contributed by atoms with van der Waals surface area (Å²) >= 11 is 7.56. The number of aryl methyl sites for hydroxylation is 1. The van der Waals surface area contributed by atoms with Crippen LogP contribution in [0.2, 0.25) is 5.02 Å². The third-order valence-corrected chi connectivity index (χ3v) is 5.44. The summed E-state index contributed by atoms with van der Waals surface area (Å²) in [6, 6.07) is 1.10. The number of halogens is 1. The highest BCUT2D eigenvalue weighted by molar-refractivity contribution is 7.18. The number of pyridine rings is 2. The van der Waals surface area contributed by atoms with E-state index in [1.54, 1.807) is 19.4 Å². The molecule has 0 fully saturated rings. The zero-order valence-electron chi connectivity index (χ0n) is 17.1. The molecule has 0 saturated carbocycles. The molecular weight excluding hydrogens is 428 g/mol. The molecule has 3 aromatic heterocycles. The van der Waals surface area contributed by atoms with E-state index < -0.39 is 6.03 Å². The van der Waals surface area contributed by atoms with Gasteiger partial charge < -0.3 is 25.4 Å². The summed E-state index contributed by atoms with van der Waals surface area (Å²) in [6.07, 6.45) is 3.98. The largest absolute Gasteiger partial charge is 0.480 e. The van der Waals surface area contributed by atoms with Gasteiger partial charge in [-0.15, -0.1) is 0 Å². The van der Waals surface area contributed by atoms with Crippen LogP contribution in [0.1, 0.15) is 18.4 Å². The molecule has 0 aromatic carbocycles. The van der Waals surface area contributed by atoms with Crippen molar-refractivity contribution in [3.05, 3.63) is 28.5 Å². The average Bonchev–Trinajstić information content (AvgIpc) is 3.09. The SMILES string of the molecule is COc1ncc(NC(=O)Nc2cnc3sc(C)nc3c2NCCC(C)OC)cc1Cl. The van der Waals surface area contributed by atoms with Gasteiger partial charge in [0.2, 0.25) is 5.88 Å². The normalized spacial score (nSPS) is 11.9. The topological polar surface area (TPSA) is 110 Å². The predicted octanol–water partition coefficient (Wildman–Crippen LogP) is 4.54. The highest BCUT2D eigenvalue weighted by Gasteiger charge is 2.16. The molecule has 3 heterocycles. The summed E-state index contributed by atoms with van der Waals surface area (Å²) in [5.41, 5.74) is 2.38. The quantitative estimate of drug-likeness (QED) is 0.462. The van der Waals surface area contributed by atoms with E-state index in [9.17, 15) is 4.79 Å². The molecule has 30 heavy (non-hydrogen) atoms. The monoisotopic (exact) mass is 450 g/mol. The molecule has 2 amide bonds. The highest BCUT2D eigenvalue weighted by atomic mass is 35.5. The first-order valence-electron chi connectivity index (χ1n) is 9.21. The number of nitrogens with zero attached hydrogens (tertiary/aromatic N) is 3. The van der Waals surface area contributed by atoms with Gasteiger partial charge in [0.15, 0.2) is 0 Å². The van der Waals surface area contributed by atoms with Crippen LogP contribution in [0.3, 0.4) is 0 Å². The van der Waals surface area contributed by atoms with E-state index >= 15 is 0 Å². The van der Waals surface area contributed by atoms with Crippen molar-refractivity contribution in [3.8, 4) is 5.88 Å². The Balaban J connectivity index is 1.79. The first-order chi connectivity index (χ1) is 14.4. The molecule has 0 bridgehead atoms. The third-order valence-electron chi connectivity index (χ3n) is 4.30. The standard InChI is InChI=1S/C19H23ClN6O3S/c1-10(28-3)5-6-21-15-14(9-23-18-16(15)24-11(2)30-18)26-19(27)25-12-7-13(20)17(29-4)22-8-12/h7-10H,5-6H2,1-4H3,(H,21,23)(H2,25,26,27). The maximum atomic E-state index is 12.6. The molecule has 160 valence electrons. The van der Waals surface area contributed by atoms with Crippen LogP contribution in [0, 0.1) is 6.92 Å². The predicted molar refractivity (Wildman–Crippen MR) is 120 cm³/mol. The molecule has 0 saturated heterocycles. The Kier molecular flexibility index (Phi) is 7.24. The number of carbonyl (C=O) groups excluding carboxylic acids is 1. The van der Waals surface area contributed by atoms with Crippen LogP contribution in [0.15, 0.2) is 18.5 Å². The molecule has 11 heteroatoms. The number of aromatic nitrogens is 3. The second kappa shape index (κ2) is 9.88. The number of thiazole rings is 1. The number of hydrogen-bond donors (Lipinski definition) is 3. The minimum absolute atomic E-state index is 0.110. The molecule has 0 aliphatic rings. The number of urea groups is 1. The van der Waals surface area contributed by atoms with Gasteiger partial charge in [-0.3, -0.25) is 0 Å². The average molecular weight is 451 g/mol. The van der Waals surface area contributed by atoms with Gasteiger partial charge in [-0.25, -0.2) is 19.7 Å². The van der Waals surface area contributed by atoms with Crippen LogP contribution >= 0.6 is 22.9 Å². The number of carbonyl (C=O) groups is 1. The van der Waals surface area contributed by atoms with Crippen molar-refractivity contribution < 1.29 is 14.3 Å². The maximum absolute atomic E-state index is 12.6. The lowest BCUT2D eigenvalue weighted by Gasteiger charge is -2.15. The Morgan fingerprint density at radius 3 is 2.77 bits per heavy atom. The Morgan fingerprint density at radius 2 is 2.07 bits per heavy atom. The summed E-state index contributed by atoms with van der Waals surface area (Å²) in [5.74, 6) is 0.285. The van der Waals surface area contributed by atoms with Gasteiger partial charge in [-0.1, -0.05) is 22.9 Å². The lowest BCUT2D eigenvalue weighted by molar-refractivity contribution is 0.114. The van der Waals surface area contributed by atoms with Gasteiger partial charge in [-0.05, 0) is 26.3 Å². The van der Waals surface area contributed by atoms with Crippen molar-refractivity contribution in [2.24, 2.45) is 0 Å². The van der Waals surface area contributed by atoms with Crippen LogP contribution in [0.5, 0.6) is 5.88 Å². The van der Waals surface area contributed by atoms with E-state index in [4.69, 9.17) is 21.1 Å². The molecule has 9 nitrogen and oxygen atoms in total. The number of ether oxygens (including phenoxy) is 2. The summed E-state index contributed by atoms with van der Waals surface area (Å²) in [6.45, 7) is 4.57. The lowest BCUT2D eigenvalue weighted by atomic mass is 10.2. The van der Waals surface area contributed by atoms with Gasteiger partial charge >= 0.3 is 6.03 Å². The molecule has 0 spiro atoms. The fourth-order valence-electron chi connectivity index (χ4n) is 2.70. The number of rotatable bonds is 8. The van der Waals surface area contributed by atoms with Crippen molar-refractivity contribution in [2.45, 2.75) is 26.4 Å². The summed E-state index contributed by atoms with van der Waals surface area (Å²) in [4.78, 5) is 26.4. The minimum Gasteiger partial charge on any atom is -0.480 e. The number of hydrogen-bond acceptors (Lipinski definition) is 8. The van der Waals surface area contributed by atoms with Gasteiger partial charge in [0.25, 0.3) is 0 Å². The Hall–Kier alpha value is -2.69. The van der Waals surface area contributed by atoms with E-state index in [1.165, 1.54) is 24.6 Å². The van der Waals surface area contributed by atoms with E-state index in [0.29, 0.717) is 28.6 Å². The summed E-state index contributed by atoms with van der Waals surface area (Å²) in [7, 11) is 3.15. The molecule has 0 aliphatic heterocycles. The Labute approximate surface area is 183 Å². The molecule has 0 aliphatic carbocycles. The second-order valence-electron chi connectivity index (χ2n) is 6.49. The van der Waals surface area contributed by atoms with Crippen LogP contribution in [-0.4, -0.2) is 47.9 Å². The third kappa shape index (κ3) is 5.26. The van der Waals surface area contributed by atoms with Crippen molar-refractivity contribution in [1.29, 1.82) is 0 Å². The zero-order chi connectivity index (χ0) is 21.7. The second-order valence-corrected chi connectivity index (χ2v) is 8.08. The number of methoxy groups -OCH3 is 2. The molecule has 0 radical (unpaired) electrons. The van der Waals surface area contributed by atoms with Gasteiger partial charge in [-0.2, -0.15) is 0 Å². The van der Waals surface area contributed by atoms with Gasteiger partial charge in [0.1, 0.15) is 15.4 Å². The van der Waals surface area contributed by atoms with E-state index in [0.717, 1.165) is 21.8 Å². The van der Waals surface area contributed by atoms with Crippen LogP contribution in [-0.2, 0) is 4.74 Å². The van der Waals surface area contributed by atoms with E-state index in [-0.39, 0.29) is 12.0 Å². The van der Waals surface area contributed by atoms with Gasteiger partial charge in [0.05, 0.1) is 47.7 Å². The van der Waals surface area contributed by atoms with Gasteiger partial charge in [0, 0.05) is 13.7 Å². The molecule has 3 rings (SSSR count). The smallest absolute Gasteiger partial charge is 0.323 e. The van der Waals surface area contributed by atoms with Crippen molar-refractivity contribution in [1.82, 2.24) is 15.0 Å². The first-order valence-corrected chi connectivity index (χ1v) is 10.4. The molecule has 1 unspecified atom stereocenters. The summed E-state index contributed by atoms with van der Waals surface area (Å²) in [5, 5.41) is 10.1. The molecule has 3 N–H and O–H groups in total. The maximum Gasteiger partial charge on any atom is 0.323 e. The van der Waals surface area contributed by atoms with Crippen LogP contribution < -0.4 is 20.7 Å². The van der Waals surface area contributed by atoms with Crippen molar-refractivity contribution in [3.63, 3.8) is 0 Å². The zero-order valence-corrected chi connectivity index (χ0v) is 18.6. The number of anilines is 3. The summed E-state index contributed by atoms with van der Waals surface area (Å²) < 4.78 is 10.3. The van der Waals surface area contributed by atoms with E-state index in [2.05, 4.69) is 30.9 Å². The Morgan fingerprint density at radius 1 is 1.27 bits per heavy atom. The molecule has 3 aromatic rings. The van der Waals surface area contributed by atoms with Crippen molar-refractivity contribution >= 4 is 56.4 Å². The number of fused-ring (bicyclic) bond motifs is 1. The fourth-order valence-corrected chi connectivity index (χ4v) is 3.71. The van der Waals surface area contributed by atoms with Crippen molar-refractivity contribution in [2.75, 3.05) is 36.7 Å². The minimum atomic E-state index is -0.459. The van der Waals surface area contributed by atoms with Crippen LogP contribution in [0.25, 0.3) is 10.3 Å². The lowest BCUT2D eigenvalue weighted by Crippen LogP contribution is -2.21. The number of amides is 2. The number of nitrogens with one attached hydrogen (secondary N) is 3.